The lowest BCUT2D eigenvalue weighted by Gasteiger charge is -2.30. The van der Waals surface area contributed by atoms with Crippen LogP contribution < -0.4 is 4.74 Å². The van der Waals surface area contributed by atoms with Crippen molar-refractivity contribution in [3.63, 3.8) is 0 Å². The van der Waals surface area contributed by atoms with Crippen molar-refractivity contribution in [2.24, 2.45) is 0 Å². The maximum atomic E-state index is 13.1. The minimum Gasteiger partial charge on any atom is -0.497 e. The van der Waals surface area contributed by atoms with Gasteiger partial charge in [-0.1, -0.05) is 24.8 Å². The lowest BCUT2D eigenvalue weighted by molar-refractivity contribution is -0.160. The van der Waals surface area contributed by atoms with E-state index in [-0.39, 0.29) is 49.5 Å². The van der Waals surface area contributed by atoms with Gasteiger partial charge in [0.1, 0.15) is 12.4 Å². The van der Waals surface area contributed by atoms with Crippen molar-refractivity contribution in [1.29, 1.82) is 0 Å². The van der Waals surface area contributed by atoms with Gasteiger partial charge in [-0.25, -0.2) is 13.2 Å². The number of allylic oxidation sites excluding steroid dienone is 1. The first-order chi connectivity index (χ1) is 17.8. The van der Waals surface area contributed by atoms with E-state index < -0.39 is 22.3 Å². The number of aliphatic hydroxyl groups is 1. The molecule has 0 unspecified atom stereocenters. The van der Waals surface area contributed by atoms with E-state index in [2.05, 4.69) is 29.2 Å². The molecular formula is C26H30INO8S. The predicted octanol–water partition coefficient (Wildman–Crippen LogP) is 3.44. The summed E-state index contributed by atoms with van der Waals surface area (Å²) >= 11 is 2.22. The van der Waals surface area contributed by atoms with Crippen LogP contribution in [-0.2, 0) is 29.0 Å². The largest absolute Gasteiger partial charge is 0.497 e. The van der Waals surface area contributed by atoms with E-state index >= 15 is 0 Å². The van der Waals surface area contributed by atoms with E-state index in [0.717, 1.165) is 13.4 Å². The number of aliphatic hydroxyl groups excluding tert-OH is 1. The molecule has 2 atom stereocenters. The van der Waals surface area contributed by atoms with Gasteiger partial charge in [0.15, 0.2) is 0 Å². The second-order valence-corrected chi connectivity index (χ2v) is 11.2. The molecule has 0 spiro atoms. The molecule has 0 aliphatic carbocycles. The summed E-state index contributed by atoms with van der Waals surface area (Å²) in [5.41, 5.74) is 0.982. The molecule has 0 saturated carbocycles. The van der Waals surface area contributed by atoms with Crippen molar-refractivity contribution in [2.45, 2.75) is 23.5 Å². The van der Waals surface area contributed by atoms with Crippen LogP contribution in [0.2, 0.25) is 0 Å². The fraction of sp³-hybridized carbons (Fsp3) is 0.346. The molecular weight excluding hydrogens is 613 g/mol. The molecule has 0 radical (unpaired) electrons. The minimum atomic E-state index is -3.88. The molecule has 0 bridgehead atoms. The Morgan fingerprint density at radius 2 is 1.89 bits per heavy atom. The Morgan fingerprint density at radius 1 is 1.19 bits per heavy atom. The van der Waals surface area contributed by atoms with Crippen molar-refractivity contribution in [3.8, 4) is 5.75 Å². The molecule has 1 heterocycles. The van der Waals surface area contributed by atoms with Crippen LogP contribution in [0.15, 0.2) is 77.9 Å². The lowest BCUT2D eigenvalue weighted by atomic mass is 9.93. The fourth-order valence-corrected chi connectivity index (χ4v) is 5.47. The van der Waals surface area contributed by atoms with Gasteiger partial charge in [0, 0.05) is 29.0 Å². The second kappa shape index (κ2) is 13.9. The number of hydrogen-bond donors (Lipinski definition) is 1. The molecule has 0 fully saturated rings. The normalized spacial score (nSPS) is 17.6. The number of nitrogens with zero attached hydrogens (tertiary/aromatic N) is 1. The Hall–Kier alpha value is -2.45. The number of ether oxygens (including phenoxy) is 4. The SMILES string of the molecule is C=CCOC(=O)C1=C[C@@H](c2ccc(I)cc2)C[C@@H](OCCN(CCO)S(=O)(=O)c2ccc(OC)cc2)O1. The summed E-state index contributed by atoms with van der Waals surface area (Å²) in [6.07, 6.45) is 2.79. The van der Waals surface area contributed by atoms with E-state index in [9.17, 15) is 18.3 Å². The zero-order valence-electron chi connectivity index (χ0n) is 20.4. The van der Waals surface area contributed by atoms with Crippen LogP contribution in [-0.4, -0.2) is 70.1 Å². The van der Waals surface area contributed by atoms with Crippen molar-refractivity contribution in [1.82, 2.24) is 4.31 Å². The average Bonchev–Trinajstić information content (AvgIpc) is 2.91. The van der Waals surface area contributed by atoms with E-state index in [1.165, 1.54) is 25.3 Å². The minimum absolute atomic E-state index is 0.0194. The standard InChI is InChI=1S/C26H30INO8S/c1-3-15-35-26(30)24-17-20(19-4-6-21(27)7-5-19)18-25(36-24)34-16-13-28(12-14-29)37(31,32)23-10-8-22(33-2)9-11-23/h3-11,17,20,25,29H,1,12-16,18H2,2H3/t20-,25+/m1/s1. The summed E-state index contributed by atoms with van der Waals surface area (Å²) in [7, 11) is -2.39. The molecule has 9 nitrogen and oxygen atoms in total. The Bertz CT molecular complexity index is 1180. The second-order valence-electron chi connectivity index (χ2n) is 8.03. The molecule has 0 amide bonds. The maximum Gasteiger partial charge on any atom is 0.373 e. The predicted molar refractivity (Wildman–Crippen MR) is 145 cm³/mol. The summed E-state index contributed by atoms with van der Waals surface area (Å²) in [6.45, 7) is 3.08. The van der Waals surface area contributed by atoms with Gasteiger partial charge in [-0.05, 0) is 70.6 Å². The first-order valence-electron chi connectivity index (χ1n) is 11.6. The Kier molecular flexibility index (Phi) is 10.9. The number of halogens is 1. The van der Waals surface area contributed by atoms with E-state index in [1.807, 2.05) is 24.3 Å². The lowest BCUT2D eigenvalue weighted by Crippen LogP contribution is -2.37. The molecule has 0 saturated heterocycles. The van der Waals surface area contributed by atoms with Crippen molar-refractivity contribution in [3.05, 3.63) is 82.2 Å². The van der Waals surface area contributed by atoms with Gasteiger partial charge in [0.25, 0.3) is 0 Å². The Balaban J connectivity index is 1.71. The number of esters is 1. The summed E-state index contributed by atoms with van der Waals surface area (Å²) in [5, 5.41) is 9.47. The number of carbonyl (C=O) groups is 1. The van der Waals surface area contributed by atoms with Gasteiger partial charge in [-0.15, -0.1) is 0 Å². The van der Waals surface area contributed by atoms with Gasteiger partial charge < -0.3 is 24.1 Å². The maximum absolute atomic E-state index is 13.1. The van der Waals surface area contributed by atoms with Gasteiger partial charge in [-0.2, -0.15) is 4.31 Å². The molecule has 1 aliphatic rings. The number of methoxy groups -OCH3 is 1. The number of rotatable bonds is 13. The smallest absolute Gasteiger partial charge is 0.373 e. The summed E-state index contributed by atoms with van der Waals surface area (Å²) < 4.78 is 50.3. The van der Waals surface area contributed by atoms with Crippen LogP contribution in [0.25, 0.3) is 0 Å². The van der Waals surface area contributed by atoms with Gasteiger partial charge in [0.05, 0.1) is 25.2 Å². The van der Waals surface area contributed by atoms with Crippen molar-refractivity contribution < 1.29 is 37.3 Å². The highest BCUT2D eigenvalue weighted by Crippen LogP contribution is 2.32. The molecule has 200 valence electrons. The molecule has 37 heavy (non-hydrogen) atoms. The van der Waals surface area contributed by atoms with Crippen LogP contribution in [0.3, 0.4) is 0 Å². The Labute approximate surface area is 230 Å². The number of sulfonamides is 1. The third-order valence-corrected chi connectivity index (χ3v) is 8.21. The van der Waals surface area contributed by atoms with Crippen LogP contribution in [0.4, 0.5) is 0 Å². The topological polar surface area (TPSA) is 112 Å². The number of benzene rings is 2. The molecule has 1 aliphatic heterocycles. The van der Waals surface area contributed by atoms with Gasteiger partial charge >= 0.3 is 5.97 Å². The number of carbonyl (C=O) groups excluding carboxylic acids is 1. The Morgan fingerprint density at radius 3 is 2.51 bits per heavy atom. The fourth-order valence-electron chi connectivity index (χ4n) is 3.70. The van der Waals surface area contributed by atoms with Crippen molar-refractivity contribution in [2.75, 3.05) is 40.0 Å². The molecule has 0 aromatic heterocycles. The van der Waals surface area contributed by atoms with Crippen LogP contribution in [0, 0.1) is 3.57 Å². The highest BCUT2D eigenvalue weighted by molar-refractivity contribution is 14.1. The zero-order chi connectivity index (χ0) is 26.8. The molecule has 2 aromatic rings. The first kappa shape index (κ1) is 29.1. The van der Waals surface area contributed by atoms with Crippen LogP contribution in [0.5, 0.6) is 5.75 Å². The van der Waals surface area contributed by atoms with Crippen LogP contribution >= 0.6 is 22.6 Å². The highest BCUT2D eigenvalue weighted by Gasteiger charge is 2.30. The summed E-state index contributed by atoms with van der Waals surface area (Å²) in [4.78, 5) is 12.6. The molecule has 3 rings (SSSR count). The average molecular weight is 643 g/mol. The van der Waals surface area contributed by atoms with E-state index in [1.54, 1.807) is 18.2 Å². The number of hydrogen-bond acceptors (Lipinski definition) is 8. The van der Waals surface area contributed by atoms with Crippen LogP contribution in [0.1, 0.15) is 17.9 Å². The molecule has 1 N–H and O–H groups in total. The highest BCUT2D eigenvalue weighted by atomic mass is 127. The van der Waals surface area contributed by atoms with E-state index in [4.69, 9.17) is 18.9 Å². The zero-order valence-corrected chi connectivity index (χ0v) is 23.4. The van der Waals surface area contributed by atoms with Crippen molar-refractivity contribution >= 4 is 38.6 Å². The van der Waals surface area contributed by atoms with Gasteiger partial charge in [0.2, 0.25) is 22.1 Å². The third-order valence-electron chi connectivity index (χ3n) is 5.58. The monoisotopic (exact) mass is 643 g/mol. The summed E-state index contributed by atoms with van der Waals surface area (Å²) in [6, 6.07) is 13.9. The first-order valence-corrected chi connectivity index (χ1v) is 14.1. The van der Waals surface area contributed by atoms with Gasteiger partial charge in [-0.3, -0.25) is 0 Å². The quantitative estimate of drug-likeness (QED) is 0.201. The third kappa shape index (κ3) is 8.01. The molecule has 2 aromatic carbocycles. The van der Waals surface area contributed by atoms with E-state index in [0.29, 0.717) is 12.2 Å². The molecule has 11 heteroatoms. The summed E-state index contributed by atoms with van der Waals surface area (Å²) in [5.74, 6) is -0.241.